The molecule has 5 nitrogen and oxygen atoms in total. The highest BCUT2D eigenvalue weighted by atomic mass is 32.1. The van der Waals surface area contributed by atoms with Crippen LogP contribution >= 0.6 is 11.3 Å². The number of methoxy groups -OCH3 is 1. The van der Waals surface area contributed by atoms with Crippen molar-refractivity contribution in [2.24, 2.45) is 0 Å². The third-order valence-corrected chi connectivity index (χ3v) is 5.63. The lowest BCUT2D eigenvalue weighted by molar-refractivity contribution is 0.244. The molecule has 29 heavy (non-hydrogen) atoms. The first kappa shape index (κ1) is 19.4. The van der Waals surface area contributed by atoms with Crippen LogP contribution in [0.5, 0.6) is 5.75 Å². The second kappa shape index (κ2) is 8.59. The van der Waals surface area contributed by atoms with Gasteiger partial charge >= 0.3 is 0 Å². The molecule has 0 aliphatic heterocycles. The van der Waals surface area contributed by atoms with Crippen LogP contribution in [0, 0.1) is 6.92 Å². The van der Waals surface area contributed by atoms with E-state index in [-0.39, 0.29) is 5.56 Å². The van der Waals surface area contributed by atoms with Crippen LogP contribution in [0.15, 0.2) is 71.7 Å². The molecule has 0 aliphatic rings. The summed E-state index contributed by atoms with van der Waals surface area (Å²) in [4.78, 5) is 21.3. The minimum atomic E-state index is -0.0292. The lowest BCUT2D eigenvalue weighted by Crippen LogP contribution is -2.24. The van der Waals surface area contributed by atoms with E-state index in [1.807, 2.05) is 43.5 Å². The quantitative estimate of drug-likeness (QED) is 0.461. The molecule has 6 heteroatoms. The van der Waals surface area contributed by atoms with Gasteiger partial charge in [-0.3, -0.25) is 14.1 Å². The van der Waals surface area contributed by atoms with Gasteiger partial charge in [-0.05, 0) is 30.2 Å². The third kappa shape index (κ3) is 4.72. The van der Waals surface area contributed by atoms with Crippen molar-refractivity contribution in [3.63, 3.8) is 0 Å². The van der Waals surface area contributed by atoms with E-state index in [1.54, 1.807) is 17.6 Å². The Morgan fingerprint density at radius 3 is 2.38 bits per heavy atom. The average Bonchev–Trinajstić information content (AvgIpc) is 3.10. The average molecular weight is 406 g/mol. The molecule has 0 N–H and O–H groups in total. The molecule has 4 rings (SSSR count). The molecule has 0 saturated heterocycles. The summed E-state index contributed by atoms with van der Waals surface area (Å²) in [6.45, 7) is 4.12. The molecular formula is C23H23N3O2S. The number of hydrogen-bond acceptors (Lipinski definition) is 5. The molecule has 0 saturated carbocycles. The van der Waals surface area contributed by atoms with Gasteiger partial charge in [0.1, 0.15) is 5.75 Å². The highest BCUT2D eigenvalue weighted by Gasteiger charge is 2.12. The number of fused-ring (bicyclic) bond motifs is 1. The Balaban J connectivity index is 1.61. The fourth-order valence-corrected chi connectivity index (χ4v) is 4.22. The van der Waals surface area contributed by atoms with Gasteiger partial charge in [0.2, 0.25) is 0 Å². The van der Waals surface area contributed by atoms with E-state index in [0.717, 1.165) is 34.4 Å². The summed E-state index contributed by atoms with van der Waals surface area (Å²) in [6, 6.07) is 20.1. The minimum absolute atomic E-state index is 0.0292. The molecule has 0 radical (unpaired) electrons. The van der Waals surface area contributed by atoms with Crippen molar-refractivity contribution in [1.82, 2.24) is 14.3 Å². The van der Waals surface area contributed by atoms with Gasteiger partial charge < -0.3 is 4.74 Å². The zero-order chi connectivity index (χ0) is 20.2. The van der Waals surface area contributed by atoms with E-state index in [2.05, 4.69) is 29.2 Å². The zero-order valence-corrected chi connectivity index (χ0v) is 17.4. The van der Waals surface area contributed by atoms with Crippen LogP contribution in [0.3, 0.4) is 0 Å². The molecule has 0 aliphatic carbocycles. The highest BCUT2D eigenvalue weighted by Crippen LogP contribution is 2.18. The summed E-state index contributed by atoms with van der Waals surface area (Å²) in [5.41, 5.74) is 3.18. The van der Waals surface area contributed by atoms with E-state index < -0.39 is 0 Å². The van der Waals surface area contributed by atoms with Crippen molar-refractivity contribution in [2.75, 3.05) is 7.11 Å². The number of thiazole rings is 1. The van der Waals surface area contributed by atoms with Crippen molar-refractivity contribution >= 4 is 16.3 Å². The van der Waals surface area contributed by atoms with Crippen molar-refractivity contribution in [3.05, 3.63) is 98.9 Å². The molecule has 2 aromatic heterocycles. The van der Waals surface area contributed by atoms with Gasteiger partial charge in [-0.15, -0.1) is 11.3 Å². The van der Waals surface area contributed by atoms with Gasteiger partial charge in [0, 0.05) is 36.8 Å². The largest absolute Gasteiger partial charge is 0.497 e. The highest BCUT2D eigenvalue weighted by molar-refractivity contribution is 7.16. The maximum Gasteiger partial charge on any atom is 0.258 e. The molecule has 0 unspecified atom stereocenters. The van der Waals surface area contributed by atoms with E-state index in [0.29, 0.717) is 6.54 Å². The predicted octanol–water partition coefficient (Wildman–Crippen LogP) is 4.28. The van der Waals surface area contributed by atoms with E-state index in [4.69, 9.17) is 9.72 Å². The normalized spacial score (nSPS) is 11.3. The van der Waals surface area contributed by atoms with Crippen molar-refractivity contribution in [2.45, 2.75) is 26.6 Å². The van der Waals surface area contributed by atoms with Crippen LogP contribution in [0.4, 0.5) is 0 Å². The standard InChI is InChI=1S/C23H23N3O2S/c1-17-13-26-22(27)12-20(24-23(26)29-17)16-25(14-18-6-4-3-5-7-18)15-19-8-10-21(28-2)11-9-19/h3-13H,14-16H2,1-2H3. The molecular weight excluding hydrogens is 382 g/mol. The molecule has 4 aromatic rings. The number of hydrogen-bond donors (Lipinski definition) is 0. The van der Waals surface area contributed by atoms with Crippen molar-refractivity contribution in [1.29, 1.82) is 0 Å². The SMILES string of the molecule is COc1ccc(CN(Cc2ccccc2)Cc2cc(=O)n3cc(C)sc3n2)cc1. The summed E-state index contributed by atoms with van der Waals surface area (Å²) in [5.74, 6) is 0.844. The summed E-state index contributed by atoms with van der Waals surface area (Å²) in [6.07, 6.45) is 1.85. The molecule has 0 bridgehead atoms. The van der Waals surface area contributed by atoms with Crippen LogP contribution in [-0.2, 0) is 19.6 Å². The number of aryl methyl sites for hydroxylation is 1. The van der Waals surface area contributed by atoms with Gasteiger partial charge in [0.05, 0.1) is 12.8 Å². The maximum atomic E-state index is 12.5. The second-order valence-electron chi connectivity index (χ2n) is 7.06. The number of benzene rings is 2. The smallest absolute Gasteiger partial charge is 0.258 e. The van der Waals surface area contributed by atoms with Gasteiger partial charge in [-0.1, -0.05) is 42.5 Å². The number of rotatable bonds is 7. The Morgan fingerprint density at radius 1 is 1.00 bits per heavy atom. The Labute approximate surface area is 173 Å². The summed E-state index contributed by atoms with van der Waals surface area (Å²) in [7, 11) is 1.67. The van der Waals surface area contributed by atoms with Crippen LogP contribution < -0.4 is 10.3 Å². The molecule has 0 fully saturated rings. The Morgan fingerprint density at radius 2 is 1.69 bits per heavy atom. The van der Waals surface area contributed by atoms with E-state index >= 15 is 0 Å². The van der Waals surface area contributed by atoms with Crippen LogP contribution in [0.2, 0.25) is 0 Å². The van der Waals surface area contributed by atoms with Crippen LogP contribution in [0.25, 0.3) is 4.96 Å². The Kier molecular flexibility index (Phi) is 5.74. The molecule has 0 spiro atoms. The second-order valence-corrected chi connectivity index (χ2v) is 8.27. The van der Waals surface area contributed by atoms with Gasteiger partial charge in [0.15, 0.2) is 4.96 Å². The van der Waals surface area contributed by atoms with Crippen molar-refractivity contribution in [3.8, 4) is 5.75 Å². The van der Waals surface area contributed by atoms with Gasteiger partial charge in [-0.2, -0.15) is 0 Å². The maximum absolute atomic E-state index is 12.5. The lowest BCUT2D eigenvalue weighted by Gasteiger charge is -2.22. The number of aromatic nitrogens is 2. The molecule has 2 aromatic carbocycles. The van der Waals surface area contributed by atoms with Gasteiger partial charge in [0.25, 0.3) is 5.56 Å². The summed E-state index contributed by atoms with van der Waals surface area (Å²) >= 11 is 1.54. The molecule has 148 valence electrons. The van der Waals surface area contributed by atoms with Crippen LogP contribution in [-0.4, -0.2) is 21.4 Å². The first-order chi connectivity index (χ1) is 14.1. The molecule has 0 atom stereocenters. The number of ether oxygens (including phenoxy) is 1. The summed E-state index contributed by atoms with van der Waals surface area (Å²) < 4.78 is 6.88. The van der Waals surface area contributed by atoms with E-state index in [9.17, 15) is 4.79 Å². The lowest BCUT2D eigenvalue weighted by atomic mass is 10.1. The number of nitrogens with zero attached hydrogens (tertiary/aromatic N) is 3. The topological polar surface area (TPSA) is 46.8 Å². The fraction of sp³-hybridized carbons (Fsp3) is 0.217. The predicted molar refractivity (Wildman–Crippen MR) is 116 cm³/mol. The first-order valence-corrected chi connectivity index (χ1v) is 10.3. The Bertz CT molecular complexity index is 1150. The Hall–Kier alpha value is -2.96. The first-order valence-electron chi connectivity index (χ1n) is 9.48. The summed E-state index contributed by atoms with van der Waals surface area (Å²) in [5, 5.41) is 0. The fourth-order valence-electron chi connectivity index (χ4n) is 3.37. The zero-order valence-electron chi connectivity index (χ0n) is 16.5. The monoisotopic (exact) mass is 405 g/mol. The van der Waals surface area contributed by atoms with E-state index in [1.165, 1.54) is 22.5 Å². The molecule has 2 heterocycles. The van der Waals surface area contributed by atoms with Crippen LogP contribution in [0.1, 0.15) is 21.7 Å². The minimum Gasteiger partial charge on any atom is -0.497 e. The third-order valence-electron chi connectivity index (χ3n) is 4.74. The van der Waals surface area contributed by atoms with Gasteiger partial charge in [-0.25, -0.2) is 4.98 Å². The molecule has 0 amide bonds. The van der Waals surface area contributed by atoms with Crippen molar-refractivity contribution < 1.29 is 4.74 Å².